The van der Waals surface area contributed by atoms with E-state index in [1.165, 1.54) is 18.4 Å². The minimum absolute atomic E-state index is 0.545. The van der Waals surface area contributed by atoms with Crippen molar-refractivity contribution < 1.29 is 0 Å². The van der Waals surface area contributed by atoms with Gasteiger partial charge in [0.1, 0.15) is 5.69 Å². The highest BCUT2D eigenvalue weighted by Crippen LogP contribution is 2.40. The van der Waals surface area contributed by atoms with Gasteiger partial charge in [0.05, 0.1) is 4.90 Å². The molecular formula is C21H24BrN3OS. The number of nitrogens with one attached hydrogen (secondary N) is 1. The summed E-state index contributed by atoms with van der Waals surface area (Å²) in [5.41, 5.74) is 1.94. The Balaban J connectivity index is 1.44. The van der Waals surface area contributed by atoms with Gasteiger partial charge in [0.25, 0.3) is 0 Å². The molecule has 2 aliphatic rings. The van der Waals surface area contributed by atoms with E-state index in [2.05, 4.69) is 55.0 Å². The SMILES string of the molecule is O=Nc1ccccc1SN(C[C@@H]1CNC[C@H]1Cc1cccc(Br)c1)C1CC1. The molecule has 0 amide bonds. The molecule has 1 aliphatic heterocycles. The lowest BCUT2D eigenvalue weighted by Gasteiger charge is -2.27. The van der Waals surface area contributed by atoms with E-state index in [0.717, 1.165) is 35.4 Å². The molecule has 142 valence electrons. The molecule has 0 radical (unpaired) electrons. The Kier molecular flexibility index (Phi) is 6.28. The molecule has 1 N–H and O–H groups in total. The maximum Gasteiger partial charge on any atom is 0.122 e. The summed E-state index contributed by atoms with van der Waals surface area (Å²) >= 11 is 5.30. The molecule has 2 aromatic carbocycles. The topological polar surface area (TPSA) is 44.7 Å². The number of nitroso groups, excluding NO2 is 1. The zero-order valence-corrected chi connectivity index (χ0v) is 17.6. The summed E-state index contributed by atoms with van der Waals surface area (Å²) in [6, 6.07) is 16.9. The molecule has 0 unspecified atom stereocenters. The fourth-order valence-corrected chi connectivity index (χ4v) is 5.46. The summed E-state index contributed by atoms with van der Waals surface area (Å²) < 4.78 is 3.64. The van der Waals surface area contributed by atoms with E-state index in [0.29, 0.717) is 23.6 Å². The minimum atomic E-state index is 0.545. The van der Waals surface area contributed by atoms with Crippen molar-refractivity contribution in [2.75, 3.05) is 19.6 Å². The Hall–Kier alpha value is -1.21. The molecule has 0 spiro atoms. The Bertz CT molecular complexity index is 799. The van der Waals surface area contributed by atoms with Crippen LogP contribution in [0.2, 0.25) is 0 Å². The zero-order valence-electron chi connectivity index (χ0n) is 15.2. The Morgan fingerprint density at radius 2 is 1.93 bits per heavy atom. The molecule has 4 rings (SSSR count). The van der Waals surface area contributed by atoms with Crippen molar-refractivity contribution in [3.8, 4) is 0 Å². The smallest absolute Gasteiger partial charge is 0.122 e. The second-order valence-corrected chi connectivity index (χ2v) is 9.50. The third kappa shape index (κ3) is 4.99. The maximum absolute atomic E-state index is 11.1. The molecule has 1 aliphatic carbocycles. The van der Waals surface area contributed by atoms with E-state index in [-0.39, 0.29) is 0 Å². The number of benzene rings is 2. The van der Waals surface area contributed by atoms with Crippen molar-refractivity contribution in [3.05, 3.63) is 63.5 Å². The lowest BCUT2D eigenvalue weighted by molar-refractivity contribution is 0.319. The van der Waals surface area contributed by atoms with Gasteiger partial charge >= 0.3 is 0 Å². The van der Waals surface area contributed by atoms with E-state index < -0.39 is 0 Å². The van der Waals surface area contributed by atoms with Gasteiger partial charge in [-0.15, -0.1) is 4.91 Å². The quantitative estimate of drug-likeness (QED) is 0.436. The molecule has 2 atom stereocenters. The van der Waals surface area contributed by atoms with Gasteiger partial charge in [0, 0.05) is 17.1 Å². The number of hydrogen-bond donors (Lipinski definition) is 1. The molecule has 6 heteroatoms. The molecule has 0 bridgehead atoms. The van der Waals surface area contributed by atoms with Gasteiger partial charge in [0.15, 0.2) is 0 Å². The second kappa shape index (κ2) is 8.86. The maximum atomic E-state index is 11.1. The molecule has 4 nitrogen and oxygen atoms in total. The van der Waals surface area contributed by atoms with E-state index in [9.17, 15) is 4.91 Å². The van der Waals surface area contributed by atoms with Crippen molar-refractivity contribution >= 4 is 33.6 Å². The van der Waals surface area contributed by atoms with Crippen LogP contribution in [-0.4, -0.2) is 30.0 Å². The van der Waals surface area contributed by atoms with Crippen LogP contribution >= 0.6 is 27.9 Å². The first-order valence-corrected chi connectivity index (χ1v) is 11.1. The Morgan fingerprint density at radius 3 is 2.70 bits per heavy atom. The zero-order chi connectivity index (χ0) is 18.6. The van der Waals surface area contributed by atoms with Crippen LogP contribution < -0.4 is 5.32 Å². The molecule has 2 aromatic rings. The van der Waals surface area contributed by atoms with Crippen molar-refractivity contribution in [1.82, 2.24) is 9.62 Å². The van der Waals surface area contributed by atoms with Crippen LogP contribution in [0.1, 0.15) is 18.4 Å². The first-order chi connectivity index (χ1) is 13.2. The van der Waals surface area contributed by atoms with Crippen LogP contribution in [0.15, 0.2) is 63.1 Å². The van der Waals surface area contributed by atoms with E-state index in [1.54, 1.807) is 18.0 Å². The summed E-state index contributed by atoms with van der Waals surface area (Å²) in [5, 5.41) is 6.79. The predicted molar refractivity (Wildman–Crippen MR) is 115 cm³/mol. The fraction of sp³-hybridized carbons (Fsp3) is 0.429. The average Bonchev–Trinajstić information content (AvgIpc) is 3.44. The molecule has 1 saturated heterocycles. The lowest BCUT2D eigenvalue weighted by Crippen LogP contribution is -2.30. The van der Waals surface area contributed by atoms with E-state index in [4.69, 9.17) is 0 Å². The summed E-state index contributed by atoms with van der Waals surface area (Å²) in [6.07, 6.45) is 3.60. The second-order valence-electron chi connectivity index (χ2n) is 7.49. The van der Waals surface area contributed by atoms with Crippen LogP contribution in [0, 0.1) is 16.7 Å². The summed E-state index contributed by atoms with van der Waals surface area (Å²) in [6.45, 7) is 3.19. The van der Waals surface area contributed by atoms with Gasteiger partial charge in [-0.1, -0.05) is 40.2 Å². The number of nitrogens with zero attached hydrogens (tertiary/aromatic N) is 2. The highest BCUT2D eigenvalue weighted by Gasteiger charge is 2.35. The molecular weight excluding hydrogens is 422 g/mol. The number of rotatable bonds is 8. The third-order valence-electron chi connectivity index (χ3n) is 5.41. The lowest BCUT2D eigenvalue weighted by atomic mass is 9.89. The van der Waals surface area contributed by atoms with Gasteiger partial charge in [-0.3, -0.25) is 0 Å². The average molecular weight is 446 g/mol. The Labute approximate surface area is 173 Å². The molecule has 1 saturated carbocycles. The summed E-state index contributed by atoms with van der Waals surface area (Å²) in [4.78, 5) is 12.1. The van der Waals surface area contributed by atoms with Crippen molar-refractivity contribution in [2.24, 2.45) is 17.0 Å². The predicted octanol–water partition coefficient (Wildman–Crippen LogP) is 5.40. The standard InChI is InChI=1S/C21H24BrN3OS/c22-18-5-3-4-15(11-18)10-16-12-23-13-17(16)14-25(19-8-9-19)27-21-7-2-1-6-20(21)24-26/h1-7,11,16-17,19,23H,8-10,12-14H2/t16-,17+/m1/s1. The van der Waals surface area contributed by atoms with Crippen LogP contribution in [0.4, 0.5) is 5.69 Å². The first kappa shape index (κ1) is 19.1. The normalized spacial score (nSPS) is 22.3. The van der Waals surface area contributed by atoms with Gasteiger partial charge in [-0.05, 0) is 91.1 Å². The highest BCUT2D eigenvalue weighted by molar-refractivity contribution is 9.10. The van der Waals surface area contributed by atoms with Crippen LogP contribution in [-0.2, 0) is 6.42 Å². The molecule has 0 aromatic heterocycles. The fourth-order valence-electron chi connectivity index (χ4n) is 3.80. The monoisotopic (exact) mass is 445 g/mol. The molecule has 27 heavy (non-hydrogen) atoms. The van der Waals surface area contributed by atoms with Gasteiger partial charge < -0.3 is 5.32 Å². The van der Waals surface area contributed by atoms with Crippen molar-refractivity contribution in [1.29, 1.82) is 0 Å². The van der Waals surface area contributed by atoms with Crippen LogP contribution in [0.3, 0.4) is 0 Å². The molecule has 1 heterocycles. The van der Waals surface area contributed by atoms with Crippen LogP contribution in [0.25, 0.3) is 0 Å². The van der Waals surface area contributed by atoms with Gasteiger partial charge in [0.2, 0.25) is 0 Å². The van der Waals surface area contributed by atoms with Gasteiger partial charge in [-0.25, -0.2) is 4.31 Å². The Morgan fingerprint density at radius 1 is 1.11 bits per heavy atom. The number of hydrogen-bond acceptors (Lipinski definition) is 5. The van der Waals surface area contributed by atoms with Crippen molar-refractivity contribution in [2.45, 2.75) is 30.2 Å². The number of halogens is 1. The first-order valence-electron chi connectivity index (χ1n) is 9.55. The summed E-state index contributed by atoms with van der Waals surface area (Å²) in [5.74, 6) is 1.26. The summed E-state index contributed by atoms with van der Waals surface area (Å²) in [7, 11) is 0. The third-order valence-corrected chi connectivity index (χ3v) is 7.13. The van der Waals surface area contributed by atoms with E-state index in [1.807, 2.05) is 18.2 Å². The van der Waals surface area contributed by atoms with Crippen molar-refractivity contribution in [3.63, 3.8) is 0 Å². The van der Waals surface area contributed by atoms with Crippen LogP contribution in [0.5, 0.6) is 0 Å². The van der Waals surface area contributed by atoms with E-state index >= 15 is 0 Å². The van der Waals surface area contributed by atoms with Gasteiger partial charge in [-0.2, -0.15) is 0 Å². The highest BCUT2D eigenvalue weighted by atomic mass is 79.9. The largest absolute Gasteiger partial charge is 0.316 e. The minimum Gasteiger partial charge on any atom is -0.316 e. The molecule has 2 fully saturated rings.